The van der Waals surface area contributed by atoms with Gasteiger partial charge in [0.1, 0.15) is 6.10 Å². The molecule has 0 aromatic carbocycles. The molecule has 0 unspecified atom stereocenters. The number of carbonyl (C=O) groups excluding carboxylic acids is 2. The first-order chi connectivity index (χ1) is 11.6. The Hall–Kier alpha value is -2.15. The molecule has 7 heteroatoms. The van der Waals surface area contributed by atoms with Crippen LogP contribution in [0.3, 0.4) is 0 Å². The van der Waals surface area contributed by atoms with Gasteiger partial charge in [-0.25, -0.2) is 4.98 Å². The van der Waals surface area contributed by atoms with Gasteiger partial charge in [-0.2, -0.15) is 0 Å². The third-order valence-electron chi connectivity index (χ3n) is 4.45. The largest absolute Gasteiger partial charge is 0.474 e. The zero-order chi connectivity index (χ0) is 16.9. The summed E-state index contributed by atoms with van der Waals surface area (Å²) in [6.45, 7) is 5.26. The van der Waals surface area contributed by atoms with Crippen molar-refractivity contribution >= 4 is 11.8 Å². The molecule has 1 aromatic heterocycles. The molecule has 7 nitrogen and oxygen atoms in total. The zero-order valence-electron chi connectivity index (χ0n) is 13.9. The van der Waals surface area contributed by atoms with Crippen LogP contribution < -0.4 is 4.74 Å². The van der Waals surface area contributed by atoms with Crippen molar-refractivity contribution < 1.29 is 19.1 Å². The summed E-state index contributed by atoms with van der Waals surface area (Å²) in [7, 11) is 0. The molecule has 2 fully saturated rings. The van der Waals surface area contributed by atoms with E-state index >= 15 is 0 Å². The number of amides is 2. The molecule has 0 atom stereocenters. The highest BCUT2D eigenvalue weighted by Crippen LogP contribution is 2.17. The maximum atomic E-state index is 12.5. The molecule has 0 bridgehead atoms. The number of ether oxygens (including phenoxy) is 2. The van der Waals surface area contributed by atoms with Crippen LogP contribution >= 0.6 is 0 Å². The minimum atomic E-state index is -0.0525. The summed E-state index contributed by atoms with van der Waals surface area (Å²) in [6.07, 6.45) is 3.42. The van der Waals surface area contributed by atoms with E-state index in [1.807, 2.05) is 0 Å². The van der Waals surface area contributed by atoms with E-state index in [9.17, 15) is 9.59 Å². The molecule has 2 saturated heterocycles. The lowest BCUT2D eigenvalue weighted by molar-refractivity contribution is -0.130. The lowest BCUT2D eigenvalue weighted by atomic mass is 10.1. The van der Waals surface area contributed by atoms with Crippen LogP contribution in [0, 0.1) is 0 Å². The number of hydrogen-bond acceptors (Lipinski definition) is 5. The predicted molar refractivity (Wildman–Crippen MR) is 86.9 cm³/mol. The Morgan fingerprint density at radius 1 is 1.12 bits per heavy atom. The predicted octanol–water partition coefficient (Wildman–Crippen LogP) is 0.944. The van der Waals surface area contributed by atoms with Crippen LogP contribution in [0.15, 0.2) is 18.3 Å². The van der Waals surface area contributed by atoms with Crippen LogP contribution in [0.5, 0.6) is 5.88 Å². The Kier molecular flexibility index (Phi) is 5.30. The lowest BCUT2D eigenvalue weighted by Gasteiger charge is -2.34. The van der Waals surface area contributed by atoms with E-state index in [1.165, 1.54) is 0 Å². The number of carbonyl (C=O) groups is 2. The molecule has 130 valence electrons. The SMILES string of the molecule is CC(=O)N1CCN(C(=O)c2ccc(OC3CCOCC3)nc2)CC1. The molecule has 0 N–H and O–H groups in total. The van der Waals surface area contributed by atoms with Crippen molar-refractivity contribution in [2.75, 3.05) is 39.4 Å². The first-order valence-corrected chi connectivity index (χ1v) is 8.39. The van der Waals surface area contributed by atoms with Crippen molar-refractivity contribution in [2.45, 2.75) is 25.9 Å². The van der Waals surface area contributed by atoms with E-state index in [4.69, 9.17) is 9.47 Å². The fourth-order valence-electron chi connectivity index (χ4n) is 2.95. The van der Waals surface area contributed by atoms with Gasteiger partial charge in [-0.3, -0.25) is 9.59 Å². The van der Waals surface area contributed by atoms with Crippen molar-refractivity contribution in [1.29, 1.82) is 0 Å². The second kappa shape index (κ2) is 7.61. The van der Waals surface area contributed by atoms with Gasteiger partial charge in [0.2, 0.25) is 11.8 Å². The summed E-state index contributed by atoms with van der Waals surface area (Å²) in [5.74, 6) is 0.543. The maximum absolute atomic E-state index is 12.5. The van der Waals surface area contributed by atoms with Crippen LogP contribution in [-0.4, -0.2) is 72.1 Å². The number of nitrogens with zero attached hydrogens (tertiary/aromatic N) is 3. The lowest BCUT2D eigenvalue weighted by Crippen LogP contribution is -2.50. The van der Waals surface area contributed by atoms with Crippen LogP contribution in [0.1, 0.15) is 30.1 Å². The van der Waals surface area contributed by atoms with Gasteiger partial charge >= 0.3 is 0 Å². The van der Waals surface area contributed by atoms with E-state index < -0.39 is 0 Å². The Morgan fingerprint density at radius 2 is 1.79 bits per heavy atom. The maximum Gasteiger partial charge on any atom is 0.255 e. The van der Waals surface area contributed by atoms with Crippen molar-refractivity contribution in [3.63, 3.8) is 0 Å². The Bertz CT molecular complexity index is 576. The summed E-state index contributed by atoms with van der Waals surface area (Å²) in [5, 5.41) is 0. The molecule has 3 heterocycles. The summed E-state index contributed by atoms with van der Waals surface area (Å²) < 4.78 is 11.1. The number of aromatic nitrogens is 1. The van der Waals surface area contributed by atoms with Gasteiger partial charge in [0, 0.05) is 58.2 Å². The fraction of sp³-hybridized carbons (Fsp3) is 0.588. The molecule has 2 amide bonds. The molecule has 0 radical (unpaired) electrons. The normalized spacial score (nSPS) is 19.2. The van der Waals surface area contributed by atoms with Gasteiger partial charge < -0.3 is 19.3 Å². The van der Waals surface area contributed by atoms with Gasteiger partial charge in [-0.15, -0.1) is 0 Å². The molecule has 1 aromatic rings. The van der Waals surface area contributed by atoms with E-state index in [1.54, 1.807) is 35.1 Å². The Morgan fingerprint density at radius 3 is 2.38 bits per heavy atom. The van der Waals surface area contributed by atoms with Gasteiger partial charge in [0.05, 0.1) is 18.8 Å². The molecular formula is C17H23N3O4. The highest BCUT2D eigenvalue weighted by Gasteiger charge is 2.23. The van der Waals surface area contributed by atoms with Gasteiger partial charge in [-0.05, 0) is 6.07 Å². The Balaban J connectivity index is 1.55. The second-order valence-electron chi connectivity index (χ2n) is 6.11. The quantitative estimate of drug-likeness (QED) is 0.823. The molecule has 24 heavy (non-hydrogen) atoms. The van der Waals surface area contributed by atoms with Crippen LogP contribution in [0.2, 0.25) is 0 Å². The molecule has 0 spiro atoms. The first-order valence-electron chi connectivity index (χ1n) is 8.39. The van der Waals surface area contributed by atoms with Gasteiger partial charge in [0.15, 0.2) is 0 Å². The standard InChI is InChI=1S/C17H23N3O4/c1-13(21)19-6-8-20(9-7-19)17(22)14-2-3-16(18-12-14)24-15-4-10-23-11-5-15/h2-3,12,15H,4-11H2,1H3. The molecule has 0 aliphatic carbocycles. The smallest absolute Gasteiger partial charge is 0.255 e. The number of hydrogen-bond donors (Lipinski definition) is 0. The number of rotatable bonds is 3. The average Bonchev–Trinajstić information content (AvgIpc) is 2.63. The molecular weight excluding hydrogens is 310 g/mol. The van der Waals surface area contributed by atoms with E-state index in [0.29, 0.717) is 50.8 Å². The topological polar surface area (TPSA) is 72.0 Å². The van der Waals surface area contributed by atoms with Crippen LogP contribution in [-0.2, 0) is 9.53 Å². The number of piperazine rings is 1. The third-order valence-corrected chi connectivity index (χ3v) is 4.45. The molecule has 2 aliphatic heterocycles. The summed E-state index contributed by atoms with van der Waals surface area (Å²) in [6, 6.07) is 3.50. The zero-order valence-corrected chi connectivity index (χ0v) is 13.9. The van der Waals surface area contributed by atoms with Crippen molar-refractivity contribution in [3.8, 4) is 5.88 Å². The van der Waals surface area contributed by atoms with Gasteiger partial charge in [-0.1, -0.05) is 0 Å². The fourth-order valence-corrected chi connectivity index (χ4v) is 2.95. The third kappa shape index (κ3) is 4.03. The minimum Gasteiger partial charge on any atom is -0.474 e. The molecule has 3 rings (SSSR count). The summed E-state index contributed by atoms with van der Waals surface area (Å²) >= 11 is 0. The van der Waals surface area contributed by atoms with Crippen molar-refractivity contribution in [2.24, 2.45) is 0 Å². The summed E-state index contributed by atoms with van der Waals surface area (Å²) in [5.41, 5.74) is 0.547. The Labute approximate surface area is 141 Å². The molecule has 2 aliphatic rings. The van der Waals surface area contributed by atoms with Crippen molar-refractivity contribution in [3.05, 3.63) is 23.9 Å². The van der Waals surface area contributed by atoms with Crippen LogP contribution in [0.4, 0.5) is 0 Å². The monoisotopic (exact) mass is 333 g/mol. The summed E-state index contributed by atoms with van der Waals surface area (Å²) in [4.78, 5) is 31.6. The van der Waals surface area contributed by atoms with Gasteiger partial charge in [0.25, 0.3) is 5.91 Å². The van der Waals surface area contributed by atoms with E-state index in [0.717, 1.165) is 12.8 Å². The van der Waals surface area contributed by atoms with E-state index in [-0.39, 0.29) is 17.9 Å². The highest BCUT2D eigenvalue weighted by molar-refractivity contribution is 5.94. The van der Waals surface area contributed by atoms with Crippen molar-refractivity contribution in [1.82, 2.24) is 14.8 Å². The average molecular weight is 333 g/mol. The second-order valence-corrected chi connectivity index (χ2v) is 6.11. The first kappa shape index (κ1) is 16.7. The van der Waals surface area contributed by atoms with E-state index in [2.05, 4.69) is 4.98 Å². The minimum absolute atomic E-state index is 0.0525. The van der Waals surface area contributed by atoms with Crippen LogP contribution in [0.25, 0.3) is 0 Å². The highest BCUT2D eigenvalue weighted by atomic mass is 16.5. The molecule has 0 saturated carbocycles. The number of pyridine rings is 1.